The van der Waals surface area contributed by atoms with E-state index in [-0.39, 0.29) is 0 Å². The van der Waals surface area contributed by atoms with E-state index in [0.29, 0.717) is 0 Å². The van der Waals surface area contributed by atoms with Crippen molar-refractivity contribution in [3.63, 3.8) is 0 Å². The van der Waals surface area contributed by atoms with Crippen LogP contribution in [-0.4, -0.2) is 57.7 Å². The van der Waals surface area contributed by atoms with Crippen molar-refractivity contribution in [3.05, 3.63) is 30.3 Å². The summed E-state index contributed by atoms with van der Waals surface area (Å²) in [6, 6.07) is 7.54. The van der Waals surface area contributed by atoms with Crippen LogP contribution in [0.2, 0.25) is 0 Å². The number of primary amides is 1. The molecule has 0 saturated carbocycles. The highest BCUT2D eigenvalue weighted by atomic mass is 32.2. The van der Waals surface area contributed by atoms with Gasteiger partial charge in [-0.05, 0) is 12.1 Å². The van der Waals surface area contributed by atoms with Crippen molar-refractivity contribution in [1.29, 1.82) is 0 Å². The molecule has 1 heterocycles. The molecule has 21 heavy (non-hydrogen) atoms. The third kappa shape index (κ3) is 3.86. The highest BCUT2D eigenvalue weighted by Crippen LogP contribution is 2.33. The van der Waals surface area contributed by atoms with Crippen molar-refractivity contribution in [2.75, 3.05) is 6.61 Å². The van der Waals surface area contributed by atoms with Crippen molar-refractivity contribution in [1.82, 2.24) is 5.32 Å². The van der Waals surface area contributed by atoms with Crippen LogP contribution in [0.5, 0.6) is 0 Å². The molecule has 1 fully saturated rings. The Balaban J connectivity index is 2.18. The maximum Gasteiger partial charge on any atom is 0.312 e. The number of urea groups is 1. The second kappa shape index (κ2) is 7.10. The molecule has 1 aromatic carbocycles. The standard InChI is InChI=1S/C13H18N2O5S/c14-13(19)15-9-11(18)10(17)8(6-16)20-12(9)21-7-4-2-1-3-5-7/h1-5,8-12,16-18H,6H2,(H3,14,15,19)/t8-,9-,10-,11-,12-/m1/s1. The van der Waals surface area contributed by atoms with E-state index in [1.807, 2.05) is 30.3 Å². The molecule has 6 N–H and O–H groups in total. The monoisotopic (exact) mass is 314 g/mol. The second-order valence-electron chi connectivity index (χ2n) is 4.67. The first kappa shape index (κ1) is 16.1. The van der Waals surface area contributed by atoms with E-state index in [1.165, 1.54) is 11.8 Å². The van der Waals surface area contributed by atoms with Gasteiger partial charge in [0.2, 0.25) is 0 Å². The fraction of sp³-hybridized carbons (Fsp3) is 0.462. The highest BCUT2D eigenvalue weighted by Gasteiger charge is 2.45. The lowest BCUT2D eigenvalue weighted by molar-refractivity contribution is -0.169. The summed E-state index contributed by atoms with van der Waals surface area (Å²) < 4.78 is 5.57. The number of hydrogen-bond acceptors (Lipinski definition) is 6. The van der Waals surface area contributed by atoms with Crippen molar-refractivity contribution in [2.45, 2.75) is 34.7 Å². The molecule has 116 valence electrons. The number of carbonyl (C=O) groups excluding carboxylic acids is 1. The van der Waals surface area contributed by atoms with E-state index < -0.39 is 42.4 Å². The first-order chi connectivity index (χ1) is 10.0. The molecule has 1 aliphatic rings. The van der Waals surface area contributed by atoms with Gasteiger partial charge in [0.05, 0.1) is 12.6 Å². The average molecular weight is 314 g/mol. The third-order valence-electron chi connectivity index (χ3n) is 3.19. The van der Waals surface area contributed by atoms with Crippen LogP contribution in [0.3, 0.4) is 0 Å². The molecular weight excluding hydrogens is 296 g/mol. The van der Waals surface area contributed by atoms with Crippen LogP contribution in [0, 0.1) is 0 Å². The Labute approximate surface area is 126 Å². The SMILES string of the molecule is NC(=O)N[C@@H]1[C@@H](O)[C@H](O)[C@@H](CO)O[C@@H]1Sc1ccccc1. The average Bonchev–Trinajstić information content (AvgIpc) is 2.47. The Kier molecular flexibility index (Phi) is 5.43. The van der Waals surface area contributed by atoms with E-state index in [2.05, 4.69) is 5.32 Å². The summed E-state index contributed by atoms with van der Waals surface area (Å²) in [5.41, 5.74) is 4.41. The summed E-state index contributed by atoms with van der Waals surface area (Å²) in [7, 11) is 0. The van der Waals surface area contributed by atoms with Gasteiger partial charge in [-0.2, -0.15) is 0 Å². The van der Waals surface area contributed by atoms with E-state index in [9.17, 15) is 20.1 Å². The number of nitrogens with two attached hydrogens (primary N) is 1. The molecule has 2 rings (SSSR count). The predicted molar refractivity (Wildman–Crippen MR) is 76.6 cm³/mol. The molecule has 7 nitrogen and oxygen atoms in total. The molecule has 0 unspecified atom stereocenters. The first-order valence-electron chi connectivity index (χ1n) is 6.43. The van der Waals surface area contributed by atoms with Crippen LogP contribution in [0.1, 0.15) is 0 Å². The number of hydrogen-bond donors (Lipinski definition) is 5. The number of aliphatic hydroxyl groups is 3. The molecular formula is C13H18N2O5S. The van der Waals surface area contributed by atoms with Gasteiger partial charge in [0.1, 0.15) is 23.7 Å². The second-order valence-corrected chi connectivity index (χ2v) is 5.84. The summed E-state index contributed by atoms with van der Waals surface area (Å²) in [6.45, 7) is -0.437. The van der Waals surface area contributed by atoms with Crippen molar-refractivity contribution < 1.29 is 24.9 Å². The minimum atomic E-state index is -1.31. The number of nitrogens with one attached hydrogen (secondary N) is 1. The Hall–Kier alpha value is -1.32. The van der Waals surface area contributed by atoms with Gasteiger partial charge >= 0.3 is 6.03 Å². The number of carbonyl (C=O) groups is 1. The minimum absolute atomic E-state index is 0.437. The van der Waals surface area contributed by atoms with Gasteiger partial charge in [-0.15, -0.1) is 0 Å². The quantitative estimate of drug-likeness (QED) is 0.498. The van der Waals surface area contributed by atoms with Crippen LogP contribution in [-0.2, 0) is 4.74 Å². The van der Waals surface area contributed by atoms with Crippen molar-refractivity contribution >= 4 is 17.8 Å². The van der Waals surface area contributed by atoms with Crippen LogP contribution < -0.4 is 11.1 Å². The van der Waals surface area contributed by atoms with Crippen molar-refractivity contribution in [2.24, 2.45) is 5.73 Å². The Morgan fingerprint density at radius 1 is 1.29 bits per heavy atom. The van der Waals surface area contributed by atoms with E-state index in [1.54, 1.807) is 0 Å². The zero-order chi connectivity index (χ0) is 15.4. The predicted octanol–water partition coefficient (Wildman–Crippen LogP) is -0.745. The molecule has 0 radical (unpaired) electrons. The summed E-state index contributed by atoms with van der Waals surface area (Å²) in [5.74, 6) is 0. The number of ether oxygens (including phenoxy) is 1. The van der Waals surface area contributed by atoms with Crippen molar-refractivity contribution in [3.8, 4) is 0 Å². The van der Waals surface area contributed by atoms with Gasteiger partial charge in [-0.3, -0.25) is 0 Å². The lowest BCUT2D eigenvalue weighted by Gasteiger charge is -2.42. The molecule has 8 heteroatoms. The Morgan fingerprint density at radius 3 is 2.52 bits per heavy atom. The van der Waals surface area contributed by atoms with Crippen LogP contribution in [0.4, 0.5) is 4.79 Å². The maximum absolute atomic E-state index is 11.1. The molecule has 2 amide bonds. The summed E-state index contributed by atoms with van der Waals surface area (Å²) >= 11 is 1.26. The van der Waals surface area contributed by atoms with Gasteiger partial charge in [0, 0.05) is 4.90 Å². The molecule has 0 spiro atoms. The molecule has 5 atom stereocenters. The van der Waals surface area contributed by atoms with Gasteiger partial charge in [0.25, 0.3) is 0 Å². The Morgan fingerprint density at radius 2 is 1.95 bits per heavy atom. The smallest absolute Gasteiger partial charge is 0.312 e. The van der Waals surface area contributed by atoms with E-state index in [0.717, 1.165) is 4.90 Å². The Bertz CT molecular complexity index is 475. The number of amides is 2. The number of aliphatic hydroxyl groups excluding tert-OH is 3. The maximum atomic E-state index is 11.1. The lowest BCUT2D eigenvalue weighted by Crippen LogP contribution is -2.63. The normalized spacial score (nSPS) is 32.6. The summed E-state index contributed by atoms with van der Waals surface area (Å²) in [4.78, 5) is 11.9. The van der Waals surface area contributed by atoms with Gasteiger partial charge in [-0.1, -0.05) is 30.0 Å². The molecule has 0 aliphatic carbocycles. The fourth-order valence-electron chi connectivity index (χ4n) is 2.13. The van der Waals surface area contributed by atoms with Gasteiger partial charge in [0.15, 0.2) is 0 Å². The van der Waals surface area contributed by atoms with Gasteiger partial charge < -0.3 is 31.1 Å². The van der Waals surface area contributed by atoms with Crippen LogP contribution in [0.15, 0.2) is 35.2 Å². The first-order valence-corrected chi connectivity index (χ1v) is 7.31. The van der Waals surface area contributed by atoms with E-state index >= 15 is 0 Å². The zero-order valence-electron chi connectivity index (χ0n) is 11.1. The highest BCUT2D eigenvalue weighted by molar-refractivity contribution is 7.99. The lowest BCUT2D eigenvalue weighted by atomic mass is 9.98. The van der Waals surface area contributed by atoms with Gasteiger partial charge in [-0.25, -0.2) is 4.79 Å². The number of benzene rings is 1. The third-order valence-corrected chi connectivity index (χ3v) is 4.37. The summed E-state index contributed by atoms with van der Waals surface area (Å²) in [5, 5.41) is 31.6. The van der Waals surface area contributed by atoms with Crippen LogP contribution >= 0.6 is 11.8 Å². The largest absolute Gasteiger partial charge is 0.394 e. The molecule has 1 saturated heterocycles. The summed E-state index contributed by atoms with van der Waals surface area (Å²) in [6.07, 6.45) is -3.52. The van der Waals surface area contributed by atoms with Crippen LogP contribution in [0.25, 0.3) is 0 Å². The molecule has 0 bridgehead atoms. The number of thioether (sulfide) groups is 1. The van der Waals surface area contributed by atoms with E-state index in [4.69, 9.17) is 10.5 Å². The molecule has 0 aromatic heterocycles. The fourth-order valence-corrected chi connectivity index (χ4v) is 3.29. The number of rotatable bonds is 4. The topological polar surface area (TPSA) is 125 Å². The zero-order valence-corrected chi connectivity index (χ0v) is 11.9. The minimum Gasteiger partial charge on any atom is -0.394 e. The molecule has 1 aromatic rings. The molecule has 1 aliphatic heterocycles.